The zero-order valence-electron chi connectivity index (χ0n) is 10.6. The van der Waals surface area contributed by atoms with Crippen LogP contribution in [0.3, 0.4) is 0 Å². The van der Waals surface area contributed by atoms with Crippen molar-refractivity contribution in [1.29, 1.82) is 0 Å². The molecule has 1 aromatic carbocycles. The highest BCUT2D eigenvalue weighted by molar-refractivity contribution is 5.62. The van der Waals surface area contributed by atoms with E-state index in [4.69, 9.17) is 4.52 Å². The highest BCUT2D eigenvalue weighted by Gasteiger charge is 2.08. The number of hydrogen-bond donors (Lipinski definition) is 1. The first-order valence-electron chi connectivity index (χ1n) is 5.94. The molecule has 2 rings (SSSR count). The molecule has 3 heteroatoms. The number of benzene rings is 1. The Hall–Kier alpha value is -1.61. The summed E-state index contributed by atoms with van der Waals surface area (Å²) in [5, 5.41) is 7.29. The van der Waals surface area contributed by atoms with Crippen LogP contribution in [0.1, 0.15) is 23.7 Å². The van der Waals surface area contributed by atoms with E-state index >= 15 is 0 Å². The minimum Gasteiger partial charge on any atom is -0.356 e. The van der Waals surface area contributed by atoms with Crippen LogP contribution >= 0.6 is 0 Å². The summed E-state index contributed by atoms with van der Waals surface area (Å²) in [4.78, 5) is 0. The lowest BCUT2D eigenvalue weighted by Gasteiger charge is -2.02. The predicted octanol–water partition coefficient (Wildman–Crippen LogP) is 3.07. The van der Waals surface area contributed by atoms with Gasteiger partial charge in [0, 0.05) is 18.2 Å². The Morgan fingerprint density at radius 2 is 2.06 bits per heavy atom. The van der Waals surface area contributed by atoms with Crippen molar-refractivity contribution in [2.24, 2.45) is 0 Å². The van der Waals surface area contributed by atoms with Gasteiger partial charge in [-0.05, 0) is 26.0 Å². The number of hydrogen-bond acceptors (Lipinski definition) is 3. The van der Waals surface area contributed by atoms with E-state index < -0.39 is 0 Å². The van der Waals surface area contributed by atoms with Gasteiger partial charge in [-0.25, -0.2) is 0 Å². The Kier molecular flexibility index (Phi) is 3.59. The van der Waals surface area contributed by atoms with Crippen molar-refractivity contribution in [3.05, 3.63) is 41.1 Å². The Morgan fingerprint density at radius 1 is 1.24 bits per heavy atom. The van der Waals surface area contributed by atoms with Crippen LogP contribution in [0.25, 0.3) is 11.3 Å². The van der Waals surface area contributed by atoms with Crippen molar-refractivity contribution in [2.75, 3.05) is 6.54 Å². The minimum atomic E-state index is 0.755. The van der Waals surface area contributed by atoms with Gasteiger partial charge in [0.2, 0.25) is 0 Å². The van der Waals surface area contributed by atoms with Crippen LogP contribution in [-0.4, -0.2) is 11.7 Å². The average Bonchev–Trinajstić information content (AvgIpc) is 2.75. The summed E-state index contributed by atoms with van der Waals surface area (Å²) in [6, 6.07) is 8.33. The molecule has 17 heavy (non-hydrogen) atoms. The summed E-state index contributed by atoms with van der Waals surface area (Å²) in [6.45, 7) is 7.95. The second kappa shape index (κ2) is 5.15. The number of rotatable bonds is 4. The third-order valence-corrected chi connectivity index (χ3v) is 2.76. The number of nitrogens with one attached hydrogen (secondary N) is 1. The molecule has 0 unspecified atom stereocenters. The highest BCUT2D eigenvalue weighted by atomic mass is 16.5. The normalized spacial score (nSPS) is 10.8. The van der Waals surface area contributed by atoms with E-state index in [2.05, 4.69) is 49.4 Å². The molecule has 0 saturated heterocycles. The molecule has 0 spiro atoms. The maximum atomic E-state index is 5.38. The average molecular weight is 230 g/mol. The van der Waals surface area contributed by atoms with Gasteiger partial charge in [0.25, 0.3) is 0 Å². The number of aromatic nitrogens is 1. The van der Waals surface area contributed by atoms with Gasteiger partial charge in [-0.3, -0.25) is 0 Å². The molecule has 2 aromatic rings. The van der Waals surface area contributed by atoms with Gasteiger partial charge in [-0.2, -0.15) is 0 Å². The molecule has 0 aliphatic carbocycles. The fourth-order valence-electron chi connectivity index (χ4n) is 1.87. The lowest BCUT2D eigenvalue weighted by atomic mass is 10.0. The summed E-state index contributed by atoms with van der Waals surface area (Å²) in [6.07, 6.45) is 0. The van der Waals surface area contributed by atoms with Gasteiger partial charge in [0.15, 0.2) is 5.76 Å². The zero-order valence-corrected chi connectivity index (χ0v) is 10.6. The second-order valence-corrected chi connectivity index (χ2v) is 4.28. The molecular weight excluding hydrogens is 212 g/mol. The zero-order chi connectivity index (χ0) is 12.3. The van der Waals surface area contributed by atoms with Gasteiger partial charge >= 0.3 is 0 Å². The van der Waals surface area contributed by atoms with Gasteiger partial charge in [-0.1, -0.05) is 35.8 Å². The van der Waals surface area contributed by atoms with E-state index in [9.17, 15) is 0 Å². The van der Waals surface area contributed by atoms with Crippen molar-refractivity contribution in [2.45, 2.75) is 27.3 Å². The van der Waals surface area contributed by atoms with E-state index in [-0.39, 0.29) is 0 Å². The lowest BCUT2D eigenvalue weighted by molar-refractivity contribution is 0.420. The van der Waals surface area contributed by atoms with Crippen LogP contribution in [0.5, 0.6) is 0 Å². The molecule has 0 aliphatic rings. The standard InChI is InChI=1S/C14H18N2O/c1-4-15-9-12-8-14(17-16-12)13-6-5-10(2)7-11(13)3/h5-8,15H,4,9H2,1-3H3. The van der Waals surface area contributed by atoms with E-state index in [0.717, 1.165) is 30.1 Å². The minimum absolute atomic E-state index is 0.755. The fourth-order valence-corrected chi connectivity index (χ4v) is 1.87. The summed E-state index contributed by atoms with van der Waals surface area (Å²) in [5.41, 5.74) is 4.54. The van der Waals surface area contributed by atoms with Crippen LogP contribution in [0.2, 0.25) is 0 Å². The van der Waals surface area contributed by atoms with Crippen molar-refractivity contribution in [3.8, 4) is 11.3 Å². The lowest BCUT2D eigenvalue weighted by Crippen LogP contribution is -2.11. The molecular formula is C14H18N2O. The van der Waals surface area contributed by atoms with Crippen LogP contribution in [0.15, 0.2) is 28.8 Å². The molecule has 0 aliphatic heterocycles. The van der Waals surface area contributed by atoms with Crippen LogP contribution in [0, 0.1) is 13.8 Å². The van der Waals surface area contributed by atoms with Crippen molar-refractivity contribution >= 4 is 0 Å². The van der Waals surface area contributed by atoms with E-state index in [1.54, 1.807) is 0 Å². The Bertz CT molecular complexity index is 503. The van der Waals surface area contributed by atoms with Crippen molar-refractivity contribution < 1.29 is 4.52 Å². The summed E-state index contributed by atoms with van der Waals surface area (Å²) in [7, 11) is 0. The van der Waals surface area contributed by atoms with Crippen LogP contribution < -0.4 is 5.32 Å². The first-order valence-corrected chi connectivity index (χ1v) is 5.94. The van der Waals surface area contributed by atoms with Crippen molar-refractivity contribution in [1.82, 2.24) is 10.5 Å². The second-order valence-electron chi connectivity index (χ2n) is 4.28. The Morgan fingerprint density at radius 3 is 2.76 bits per heavy atom. The summed E-state index contributed by atoms with van der Waals surface area (Å²) >= 11 is 0. The third kappa shape index (κ3) is 2.74. The molecule has 1 N–H and O–H groups in total. The Balaban J connectivity index is 2.24. The quantitative estimate of drug-likeness (QED) is 0.877. The van der Waals surface area contributed by atoms with Crippen molar-refractivity contribution in [3.63, 3.8) is 0 Å². The monoisotopic (exact) mass is 230 g/mol. The first kappa shape index (κ1) is 11.9. The first-order chi connectivity index (χ1) is 8.20. The SMILES string of the molecule is CCNCc1cc(-c2ccc(C)cc2C)on1. The third-order valence-electron chi connectivity index (χ3n) is 2.76. The highest BCUT2D eigenvalue weighted by Crippen LogP contribution is 2.24. The maximum Gasteiger partial charge on any atom is 0.167 e. The molecule has 0 saturated carbocycles. The Labute approximate surface area is 102 Å². The fraction of sp³-hybridized carbons (Fsp3) is 0.357. The predicted molar refractivity (Wildman–Crippen MR) is 68.8 cm³/mol. The number of nitrogens with zero attached hydrogens (tertiary/aromatic N) is 1. The largest absolute Gasteiger partial charge is 0.356 e. The molecule has 0 radical (unpaired) electrons. The maximum absolute atomic E-state index is 5.38. The van der Waals surface area contributed by atoms with Gasteiger partial charge in [0.1, 0.15) is 0 Å². The van der Waals surface area contributed by atoms with E-state index in [0.29, 0.717) is 0 Å². The van der Waals surface area contributed by atoms with Gasteiger partial charge in [-0.15, -0.1) is 0 Å². The van der Waals surface area contributed by atoms with Gasteiger partial charge in [0.05, 0.1) is 5.69 Å². The molecule has 0 fully saturated rings. The van der Waals surface area contributed by atoms with Crippen LogP contribution in [0.4, 0.5) is 0 Å². The van der Waals surface area contributed by atoms with E-state index in [1.165, 1.54) is 11.1 Å². The molecule has 1 aromatic heterocycles. The summed E-state index contributed by atoms with van der Waals surface area (Å²) in [5.74, 6) is 0.843. The molecule has 3 nitrogen and oxygen atoms in total. The van der Waals surface area contributed by atoms with E-state index in [1.807, 2.05) is 6.07 Å². The summed E-state index contributed by atoms with van der Waals surface area (Å²) < 4.78 is 5.38. The molecule has 0 bridgehead atoms. The number of aryl methyl sites for hydroxylation is 2. The van der Waals surface area contributed by atoms with Gasteiger partial charge < -0.3 is 9.84 Å². The molecule has 0 amide bonds. The molecule has 1 heterocycles. The van der Waals surface area contributed by atoms with Crippen LogP contribution in [-0.2, 0) is 6.54 Å². The molecule has 90 valence electrons. The smallest absolute Gasteiger partial charge is 0.167 e. The topological polar surface area (TPSA) is 38.1 Å². The molecule has 0 atom stereocenters.